The summed E-state index contributed by atoms with van der Waals surface area (Å²) in [4.78, 5) is 12.0. The maximum atomic E-state index is 12.0. The molecular formula is C17H23NO5. The summed E-state index contributed by atoms with van der Waals surface area (Å²) in [5.74, 6) is -0.661. The number of ether oxygens (including phenoxy) is 3. The second kappa shape index (κ2) is 7.29. The van der Waals surface area contributed by atoms with E-state index in [1.54, 1.807) is 0 Å². The number of benzene rings is 1. The van der Waals surface area contributed by atoms with Crippen LogP contribution in [0.4, 0.5) is 4.79 Å². The molecule has 1 aliphatic carbocycles. The fourth-order valence-corrected chi connectivity index (χ4v) is 3.31. The highest BCUT2D eigenvalue weighted by Crippen LogP contribution is 2.38. The summed E-state index contributed by atoms with van der Waals surface area (Å²) < 4.78 is 16.6. The number of hydrogen-bond acceptors (Lipinski definition) is 5. The van der Waals surface area contributed by atoms with Crippen LogP contribution in [0.2, 0.25) is 0 Å². The van der Waals surface area contributed by atoms with Gasteiger partial charge in [-0.1, -0.05) is 30.3 Å². The van der Waals surface area contributed by atoms with Crippen LogP contribution in [0.25, 0.3) is 0 Å². The Hall–Kier alpha value is -1.63. The molecular weight excluding hydrogens is 298 g/mol. The largest absolute Gasteiger partial charge is 0.445 e. The first-order chi connectivity index (χ1) is 11.2. The van der Waals surface area contributed by atoms with Gasteiger partial charge < -0.3 is 24.6 Å². The minimum atomic E-state index is -0.570. The number of carbonyl (C=O) groups is 1. The van der Waals surface area contributed by atoms with E-state index in [2.05, 4.69) is 5.32 Å². The van der Waals surface area contributed by atoms with Gasteiger partial charge in [0.05, 0.1) is 13.2 Å². The normalized spacial score (nSPS) is 26.1. The Balaban J connectivity index is 1.49. The molecule has 6 nitrogen and oxygen atoms in total. The second-order valence-electron chi connectivity index (χ2n) is 6.11. The Morgan fingerprint density at radius 1 is 1.30 bits per heavy atom. The molecule has 1 aromatic carbocycles. The molecule has 0 radical (unpaired) electrons. The standard InChI is InChI=1S/C17H23NO5/c19-11-14-10-17(22-8-9-23-17)7-6-15(14)18-16(20)21-12-13-4-2-1-3-5-13/h1-5,14-15,19H,6-12H2,(H,18,20)/t14-,15-/m1/s1. The van der Waals surface area contributed by atoms with Gasteiger partial charge in [-0.2, -0.15) is 0 Å². The average molecular weight is 321 g/mol. The Morgan fingerprint density at radius 3 is 2.74 bits per heavy atom. The first-order valence-corrected chi connectivity index (χ1v) is 8.07. The molecule has 0 aromatic heterocycles. The van der Waals surface area contributed by atoms with E-state index in [-0.39, 0.29) is 25.2 Å². The summed E-state index contributed by atoms with van der Waals surface area (Å²) in [5, 5.41) is 12.5. The van der Waals surface area contributed by atoms with Crippen LogP contribution >= 0.6 is 0 Å². The molecule has 2 atom stereocenters. The molecule has 1 amide bonds. The van der Waals surface area contributed by atoms with Crippen molar-refractivity contribution >= 4 is 6.09 Å². The van der Waals surface area contributed by atoms with Crippen molar-refractivity contribution in [3.8, 4) is 0 Å². The molecule has 2 N–H and O–H groups in total. The molecule has 6 heteroatoms. The van der Waals surface area contributed by atoms with E-state index in [9.17, 15) is 9.90 Å². The minimum Gasteiger partial charge on any atom is -0.445 e. The third kappa shape index (κ3) is 4.02. The molecule has 2 aliphatic rings. The molecule has 126 valence electrons. The molecule has 1 aromatic rings. The lowest BCUT2D eigenvalue weighted by atomic mass is 9.81. The van der Waals surface area contributed by atoms with E-state index in [1.807, 2.05) is 30.3 Å². The Kier molecular flexibility index (Phi) is 5.15. The van der Waals surface area contributed by atoms with Crippen molar-refractivity contribution in [2.45, 2.75) is 37.7 Å². The Labute approximate surface area is 135 Å². The summed E-state index contributed by atoms with van der Waals surface area (Å²) in [7, 11) is 0. The van der Waals surface area contributed by atoms with E-state index in [0.717, 1.165) is 5.56 Å². The molecule has 1 spiro atoms. The molecule has 0 bridgehead atoms. The smallest absolute Gasteiger partial charge is 0.407 e. The lowest BCUT2D eigenvalue weighted by molar-refractivity contribution is -0.193. The van der Waals surface area contributed by atoms with Crippen LogP contribution in [-0.2, 0) is 20.8 Å². The van der Waals surface area contributed by atoms with E-state index >= 15 is 0 Å². The van der Waals surface area contributed by atoms with Crippen LogP contribution in [0.15, 0.2) is 30.3 Å². The monoisotopic (exact) mass is 321 g/mol. The number of hydrogen-bond donors (Lipinski definition) is 2. The predicted octanol–water partition coefficient (Wildman–Crippen LogP) is 1.82. The zero-order valence-corrected chi connectivity index (χ0v) is 13.1. The number of rotatable bonds is 4. The molecule has 2 fully saturated rings. The number of amides is 1. The molecule has 23 heavy (non-hydrogen) atoms. The first-order valence-electron chi connectivity index (χ1n) is 8.07. The van der Waals surface area contributed by atoms with Crippen LogP contribution in [-0.4, -0.2) is 42.8 Å². The molecule has 3 rings (SSSR count). The zero-order valence-electron chi connectivity index (χ0n) is 13.1. The molecule has 1 saturated carbocycles. The van der Waals surface area contributed by atoms with Crippen molar-refractivity contribution < 1.29 is 24.1 Å². The van der Waals surface area contributed by atoms with E-state index < -0.39 is 11.9 Å². The summed E-state index contributed by atoms with van der Waals surface area (Å²) >= 11 is 0. The maximum absolute atomic E-state index is 12.0. The van der Waals surface area contributed by atoms with Crippen LogP contribution in [0, 0.1) is 5.92 Å². The molecule has 0 unspecified atom stereocenters. The fraction of sp³-hybridized carbons (Fsp3) is 0.588. The zero-order chi connectivity index (χ0) is 16.1. The lowest BCUT2D eigenvalue weighted by Gasteiger charge is -2.40. The molecule has 1 heterocycles. The highest BCUT2D eigenvalue weighted by atomic mass is 16.7. The molecule has 1 aliphatic heterocycles. The number of aliphatic hydroxyl groups excluding tert-OH is 1. The fourth-order valence-electron chi connectivity index (χ4n) is 3.31. The third-order valence-electron chi connectivity index (χ3n) is 4.54. The van der Waals surface area contributed by atoms with Crippen molar-refractivity contribution in [2.75, 3.05) is 19.8 Å². The second-order valence-corrected chi connectivity index (χ2v) is 6.11. The van der Waals surface area contributed by atoms with Crippen LogP contribution < -0.4 is 5.32 Å². The van der Waals surface area contributed by atoms with Crippen molar-refractivity contribution in [3.63, 3.8) is 0 Å². The van der Waals surface area contributed by atoms with Gasteiger partial charge >= 0.3 is 6.09 Å². The van der Waals surface area contributed by atoms with Gasteiger partial charge in [0.1, 0.15) is 6.61 Å². The van der Waals surface area contributed by atoms with E-state index in [4.69, 9.17) is 14.2 Å². The summed E-state index contributed by atoms with van der Waals surface area (Å²) in [5.41, 5.74) is 0.941. The van der Waals surface area contributed by atoms with Crippen molar-refractivity contribution in [1.29, 1.82) is 0 Å². The Bertz CT molecular complexity index is 515. The number of alkyl carbamates (subject to hydrolysis) is 1. The highest BCUT2D eigenvalue weighted by Gasteiger charge is 2.45. The summed E-state index contributed by atoms with van der Waals surface area (Å²) in [6.45, 7) is 1.40. The quantitative estimate of drug-likeness (QED) is 0.884. The maximum Gasteiger partial charge on any atom is 0.407 e. The highest BCUT2D eigenvalue weighted by molar-refractivity contribution is 5.67. The van der Waals surface area contributed by atoms with Crippen LogP contribution in [0.1, 0.15) is 24.8 Å². The van der Waals surface area contributed by atoms with Gasteiger partial charge in [0.15, 0.2) is 5.79 Å². The van der Waals surface area contributed by atoms with Gasteiger partial charge in [0.25, 0.3) is 0 Å². The summed E-state index contributed by atoms with van der Waals surface area (Å²) in [6, 6.07) is 9.41. The van der Waals surface area contributed by atoms with Crippen molar-refractivity contribution in [2.24, 2.45) is 5.92 Å². The van der Waals surface area contributed by atoms with Crippen LogP contribution in [0.5, 0.6) is 0 Å². The minimum absolute atomic E-state index is 0.0158. The molecule has 1 saturated heterocycles. The lowest BCUT2D eigenvalue weighted by Crippen LogP contribution is -2.50. The van der Waals surface area contributed by atoms with Gasteiger partial charge in [-0.15, -0.1) is 0 Å². The van der Waals surface area contributed by atoms with E-state index in [0.29, 0.717) is 32.5 Å². The van der Waals surface area contributed by atoms with Gasteiger partial charge in [0.2, 0.25) is 0 Å². The number of aliphatic hydroxyl groups is 1. The van der Waals surface area contributed by atoms with Gasteiger partial charge in [-0.05, 0) is 12.0 Å². The van der Waals surface area contributed by atoms with Crippen molar-refractivity contribution in [3.05, 3.63) is 35.9 Å². The van der Waals surface area contributed by atoms with Crippen LogP contribution in [0.3, 0.4) is 0 Å². The topological polar surface area (TPSA) is 77.0 Å². The number of carbonyl (C=O) groups excluding carboxylic acids is 1. The predicted molar refractivity (Wildman–Crippen MR) is 82.6 cm³/mol. The SMILES string of the molecule is O=C(N[C@@H]1CCC2(C[C@@H]1CO)OCCO2)OCc1ccccc1. The van der Waals surface area contributed by atoms with E-state index in [1.165, 1.54) is 0 Å². The number of nitrogens with one attached hydrogen (secondary N) is 1. The van der Waals surface area contributed by atoms with Gasteiger partial charge in [0, 0.05) is 31.4 Å². The van der Waals surface area contributed by atoms with Crippen molar-refractivity contribution in [1.82, 2.24) is 5.32 Å². The Morgan fingerprint density at radius 2 is 2.04 bits per heavy atom. The first kappa shape index (κ1) is 16.2. The summed E-state index contributed by atoms with van der Waals surface area (Å²) in [6.07, 6.45) is 1.55. The third-order valence-corrected chi connectivity index (χ3v) is 4.54. The van der Waals surface area contributed by atoms with Gasteiger partial charge in [-0.25, -0.2) is 4.79 Å². The average Bonchev–Trinajstić information content (AvgIpc) is 3.04. The van der Waals surface area contributed by atoms with Gasteiger partial charge in [-0.3, -0.25) is 0 Å².